The van der Waals surface area contributed by atoms with E-state index in [9.17, 15) is 22.8 Å². The summed E-state index contributed by atoms with van der Waals surface area (Å²) in [4.78, 5) is 25.9. The monoisotopic (exact) mass is 365 g/mol. The molecule has 0 aliphatic carbocycles. The van der Waals surface area contributed by atoms with Crippen LogP contribution in [0.25, 0.3) is 0 Å². The number of hydrogen-bond donors (Lipinski definition) is 2. The lowest BCUT2D eigenvalue weighted by atomic mass is 10.0. The average molecular weight is 365 g/mol. The van der Waals surface area contributed by atoms with Crippen LogP contribution in [0.1, 0.15) is 24.8 Å². The van der Waals surface area contributed by atoms with Gasteiger partial charge in [-0.25, -0.2) is 0 Å². The van der Waals surface area contributed by atoms with Crippen molar-refractivity contribution in [1.82, 2.24) is 15.5 Å². The van der Waals surface area contributed by atoms with Gasteiger partial charge in [-0.2, -0.15) is 13.2 Å². The van der Waals surface area contributed by atoms with Gasteiger partial charge in [0, 0.05) is 4.88 Å². The Labute approximate surface area is 143 Å². The van der Waals surface area contributed by atoms with E-state index in [0.717, 1.165) is 4.88 Å². The van der Waals surface area contributed by atoms with Crippen molar-refractivity contribution < 1.29 is 22.8 Å². The lowest BCUT2D eigenvalue weighted by Gasteiger charge is -2.23. The Morgan fingerprint density at radius 2 is 1.88 bits per heavy atom. The van der Waals surface area contributed by atoms with E-state index in [-0.39, 0.29) is 31.0 Å². The van der Waals surface area contributed by atoms with Crippen LogP contribution in [0.4, 0.5) is 13.2 Å². The van der Waals surface area contributed by atoms with Crippen molar-refractivity contribution in [2.24, 2.45) is 5.92 Å². The van der Waals surface area contributed by atoms with Crippen LogP contribution in [0.15, 0.2) is 17.5 Å². The zero-order valence-corrected chi connectivity index (χ0v) is 14.6. The van der Waals surface area contributed by atoms with Crippen molar-refractivity contribution in [2.75, 3.05) is 26.7 Å². The second-order valence-electron chi connectivity index (χ2n) is 5.87. The minimum atomic E-state index is -4.45. The van der Waals surface area contributed by atoms with E-state index in [1.165, 1.54) is 11.9 Å². The van der Waals surface area contributed by atoms with E-state index < -0.39 is 18.6 Å². The first kappa shape index (κ1) is 20.4. The molecule has 0 radical (unpaired) electrons. The van der Waals surface area contributed by atoms with Gasteiger partial charge in [0.1, 0.15) is 6.54 Å². The third-order valence-electron chi connectivity index (χ3n) is 3.15. The van der Waals surface area contributed by atoms with Gasteiger partial charge < -0.3 is 10.6 Å². The quantitative estimate of drug-likeness (QED) is 0.742. The molecule has 0 aliphatic heterocycles. The Kier molecular flexibility index (Phi) is 7.68. The summed E-state index contributed by atoms with van der Waals surface area (Å²) in [6.07, 6.45) is -4.45. The van der Waals surface area contributed by atoms with E-state index in [0.29, 0.717) is 0 Å². The zero-order chi connectivity index (χ0) is 18.3. The van der Waals surface area contributed by atoms with Crippen molar-refractivity contribution in [3.63, 3.8) is 0 Å². The van der Waals surface area contributed by atoms with Gasteiger partial charge in [0.2, 0.25) is 11.8 Å². The lowest BCUT2D eigenvalue weighted by molar-refractivity contribution is -0.139. The largest absolute Gasteiger partial charge is 0.405 e. The summed E-state index contributed by atoms with van der Waals surface area (Å²) < 4.78 is 36.1. The van der Waals surface area contributed by atoms with Crippen LogP contribution in [0, 0.1) is 5.92 Å². The number of amides is 2. The van der Waals surface area contributed by atoms with E-state index >= 15 is 0 Å². The molecule has 0 saturated carbocycles. The minimum absolute atomic E-state index is 0.0754. The molecular formula is C15H22F3N3O2S. The molecule has 1 rings (SSSR count). The number of likely N-dealkylation sites (N-methyl/N-ethyl adjacent to an activating group) is 1. The Morgan fingerprint density at radius 3 is 2.38 bits per heavy atom. The predicted molar refractivity (Wildman–Crippen MR) is 86.6 cm³/mol. The minimum Gasteiger partial charge on any atom is -0.347 e. The molecule has 0 fully saturated rings. The fourth-order valence-electron chi connectivity index (χ4n) is 2.05. The number of hydrogen-bond acceptors (Lipinski definition) is 4. The van der Waals surface area contributed by atoms with Crippen molar-refractivity contribution in [2.45, 2.75) is 26.1 Å². The molecule has 1 atom stereocenters. The highest BCUT2D eigenvalue weighted by atomic mass is 32.1. The predicted octanol–water partition coefficient (Wildman–Crippen LogP) is 2.17. The maximum atomic E-state index is 12.1. The average Bonchev–Trinajstić information content (AvgIpc) is 2.95. The molecule has 24 heavy (non-hydrogen) atoms. The molecule has 0 spiro atoms. The van der Waals surface area contributed by atoms with E-state index in [1.807, 2.05) is 31.4 Å². The Hall–Kier alpha value is -1.61. The van der Waals surface area contributed by atoms with Crippen LogP contribution in [0.5, 0.6) is 0 Å². The van der Waals surface area contributed by atoms with Crippen LogP contribution in [-0.4, -0.2) is 49.6 Å². The highest BCUT2D eigenvalue weighted by Crippen LogP contribution is 2.25. The third-order valence-corrected chi connectivity index (χ3v) is 4.10. The number of carbonyl (C=O) groups is 2. The molecule has 1 heterocycles. The number of nitrogens with zero attached hydrogens (tertiary/aromatic N) is 1. The number of thiophene rings is 1. The van der Waals surface area contributed by atoms with Crippen LogP contribution >= 0.6 is 11.3 Å². The van der Waals surface area contributed by atoms with Gasteiger partial charge in [-0.3, -0.25) is 14.5 Å². The van der Waals surface area contributed by atoms with Crippen LogP contribution in [0.3, 0.4) is 0 Å². The van der Waals surface area contributed by atoms with Gasteiger partial charge in [0.05, 0.1) is 19.1 Å². The summed E-state index contributed by atoms with van der Waals surface area (Å²) >= 11 is 1.54. The number of carbonyl (C=O) groups excluding carboxylic acids is 2. The summed E-state index contributed by atoms with van der Waals surface area (Å²) in [7, 11) is 1.50. The Bertz CT molecular complexity index is 533. The van der Waals surface area contributed by atoms with Crippen LogP contribution in [-0.2, 0) is 9.59 Å². The smallest absolute Gasteiger partial charge is 0.347 e. The molecule has 0 aliphatic rings. The Balaban J connectivity index is 2.44. The molecule has 0 bridgehead atoms. The normalized spacial score (nSPS) is 13.2. The molecule has 2 amide bonds. The molecule has 2 N–H and O–H groups in total. The van der Waals surface area contributed by atoms with Crippen molar-refractivity contribution in [3.05, 3.63) is 22.4 Å². The lowest BCUT2D eigenvalue weighted by Crippen LogP contribution is -2.44. The number of nitrogens with one attached hydrogen (secondary N) is 2. The van der Waals surface area contributed by atoms with E-state index in [2.05, 4.69) is 5.32 Å². The van der Waals surface area contributed by atoms with Crippen molar-refractivity contribution >= 4 is 23.2 Å². The first-order valence-corrected chi connectivity index (χ1v) is 8.31. The number of alkyl halides is 3. The fraction of sp³-hybridized carbons (Fsp3) is 0.600. The highest BCUT2D eigenvalue weighted by Gasteiger charge is 2.28. The van der Waals surface area contributed by atoms with Gasteiger partial charge >= 0.3 is 6.18 Å². The summed E-state index contributed by atoms with van der Waals surface area (Å²) in [5.74, 6) is -0.873. The maximum absolute atomic E-state index is 12.1. The van der Waals surface area contributed by atoms with Crippen LogP contribution in [0.2, 0.25) is 0 Å². The summed E-state index contributed by atoms with van der Waals surface area (Å²) in [5, 5.41) is 6.59. The summed E-state index contributed by atoms with van der Waals surface area (Å²) in [5.41, 5.74) is 0. The van der Waals surface area contributed by atoms with Crippen molar-refractivity contribution in [1.29, 1.82) is 0 Å². The number of halogens is 3. The SMILES string of the molecule is CC(C)C(NC(=O)CN(C)CC(=O)NCC(F)(F)F)c1cccs1. The molecular weight excluding hydrogens is 343 g/mol. The maximum Gasteiger partial charge on any atom is 0.405 e. The first-order chi connectivity index (χ1) is 11.1. The molecule has 0 saturated heterocycles. The fourth-order valence-corrected chi connectivity index (χ4v) is 3.00. The van der Waals surface area contributed by atoms with Gasteiger partial charge in [0.15, 0.2) is 0 Å². The van der Waals surface area contributed by atoms with Gasteiger partial charge in [-0.05, 0) is 24.4 Å². The second kappa shape index (κ2) is 9.03. The molecule has 9 heteroatoms. The highest BCUT2D eigenvalue weighted by molar-refractivity contribution is 7.10. The molecule has 0 aromatic carbocycles. The topological polar surface area (TPSA) is 61.4 Å². The van der Waals surface area contributed by atoms with Crippen LogP contribution < -0.4 is 10.6 Å². The second-order valence-corrected chi connectivity index (χ2v) is 6.85. The molecule has 1 aromatic rings. The standard InChI is InChI=1S/C15H22F3N3O2S/c1-10(2)14(11-5-4-6-24-11)20-13(23)8-21(3)7-12(22)19-9-15(16,17)18/h4-6,10,14H,7-9H2,1-3H3,(H,19,22)(H,20,23). The van der Waals surface area contributed by atoms with Gasteiger partial charge in [-0.15, -0.1) is 11.3 Å². The van der Waals surface area contributed by atoms with E-state index in [1.54, 1.807) is 16.7 Å². The van der Waals surface area contributed by atoms with Gasteiger partial charge in [0.25, 0.3) is 0 Å². The first-order valence-electron chi connectivity index (χ1n) is 7.43. The zero-order valence-electron chi connectivity index (χ0n) is 13.8. The van der Waals surface area contributed by atoms with Crippen molar-refractivity contribution in [3.8, 4) is 0 Å². The third kappa shape index (κ3) is 7.78. The molecule has 5 nitrogen and oxygen atoms in total. The molecule has 1 unspecified atom stereocenters. The number of rotatable bonds is 8. The van der Waals surface area contributed by atoms with Gasteiger partial charge in [-0.1, -0.05) is 19.9 Å². The molecule has 1 aromatic heterocycles. The Morgan fingerprint density at radius 1 is 1.25 bits per heavy atom. The summed E-state index contributed by atoms with van der Waals surface area (Å²) in [6.45, 7) is 2.24. The summed E-state index contributed by atoms with van der Waals surface area (Å²) in [6, 6.07) is 3.70. The molecule has 136 valence electrons. The van der Waals surface area contributed by atoms with E-state index in [4.69, 9.17) is 0 Å².